The maximum absolute atomic E-state index is 13.8. The van der Waals surface area contributed by atoms with Crippen molar-refractivity contribution in [2.24, 2.45) is 0 Å². The number of alkyl halides is 1. The second-order valence-electron chi connectivity index (χ2n) is 3.39. The fourth-order valence-electron chi connectivity index (χ4n) is 1.19. The van der Waals surface area contributed by atoms with Crippen LogP contribution in [0.15, 0.2) is 27.6 Å². The summed E-state index contributed by atoms with van der Waals surface area (Å²) in [4.78, 5) is 11.7. The van der Waals surface area contributed by atoms with Gasteiger partial charge in [0.05, 0.1) is 0 Å². The van der Waals surface area contributed by atoms with Crippen molar-refractivity contribution in [3.8, 4) is 0 Å². The van der Waals surface area contributed by atoms with Crippen LogP contribution >= 0.6 is 27.7 Å². The molecule has 0 saturated carbocycles. The van der Waals surface area contributed by atoms with Gasteiger partial charge in [-0.1, -0.05) is 13.0 Å². The van der Waals surface area contributed by atoms with Crippen LogP contribution < -0.4 is 0 Å². The third-order valence-electron chi connectivity index (χ3n) is 2.18. The molecule has 0 aromatic heterocycles. The van der Waals surface area contributed by atoms with Crippen molar-refractivity contribution in [3.05, 3.63) is 28.2 Å². The zero-order chi connectivity index (χ0) is 12.3. The summed E-state index contributed by atoms with van der Waals surface area (Å²) in [6.45, 7) is 3.06. The van der Waals surface area contributed by atoms with E-state index in [9.17, 15) is 9.18 Å². The molecule has 2 nitrogen and oxygen atoms in total. The Morgan fingerprint density at radius 2 is 2.25 bits per heavy atom. The number of halogens is 2. The standard InChI is InChI=1S/C11H12BrFO2S/c1-3-16-9-5-4-7(6-8(9)12)11(2,13)10(14)15/h4-6H,3H2,1-2H3,(H,14,15). The minimum atomic E-state index is -2.35. The van der Waals surface area contributed by atoms with E-state index in [-0.39, 0.29) is 5.56 Å². The highest BCUT2D eigenvalue weighted by Gasteiger charge is 2.35. The number of hydrogen-bond donors (Lipinski definition) is 1. The fraction of sp³-hybridized carbons (Fsp3) is 0.364. The highest BCUT2D eigenvalue weighted by molar-refractivity contribution is 9.10. The molecule has 5 heteroatoms. The van der Waals surface area contributed by atoms with E-state index >= 15 is 0 Å². The predicted octanol–water partition coefficient (Wildman–Crippen LogP) is 3.83. The van der Waals surface area contributed by atoms with Crippen LogP contribution in [0.4, 0.5) is 4.39 Å². The topological polar surface area (TPSA) is 37.3 Å². The maximum atomic E-state index is 13.8. The van der Waals surface area contributed by atoms with Gasteiger partial charge in [0.15, 0.2) is 0 Å². The van der Waals surface area contributed by atoms with Crippen LogP contribution in [-0.2, 0) is 10.5 Å². The van der Waals surface area contributed by atoms with Gasteiger partial charge in [-0.25, -0.2) is 9.18 Å². The number of carbonyl (C=O) groups is 1. The van der Waals surface area contributed by atoms with Gasteiger partial charge < -0.3 is 5.11 Å². The Hall–Kier alpha value is -0.550. The van der Waals surface area contributed by atoms with Gasteiger partial charge in [0.1, 0.15) is 0 Å². The lowest BCUT2D eigenvalue weighted by Gasteiger charge is -2.16. The van der Waals surface area contributed by atoms with E-state index in [1.165, 1.54) is 12.1 Å². The molecule has 0 aliphatic rings. The Kier molecular flexibility index (Phi) is 4.38. The first-order valence-corrected chi connectivity index (χ1v) is 6.52. The molecule has 1 aromatic rings. The first kappa shape index (κ1) is 13.5. The monoisotopic (exact) mass is 306 g/mol. The summed E-state index contributed by atoms with van der Waals surface area (Å²) in [5.41, 5.74) is -2.20. The second-order valence-corrected chi connectivity index (χ2v) is 5.55. The largest absolute Gasteiger partial charge is 0.479 e. The molecule has 0 heterocycles. The molecule has 1 unspecified atom stereocenters. The molecular weight excluding hydrogens is 295 g/mol. The second kappa shape index (κ2) is 5.19. The average Bonchev–Trinajstić information content (AvgIpc) is 2.21. The van der Waals surface area contributed by atoms with E-state index in [4.69, 9.17) is 5.11 Å². The van der Waals surface area contributed by atoms with E-state index in [1.54, 1.807) is 17.8 Å². The maximum Gasteiger partial charge on any atom is 0.345 e. The molecule has 0 aliphatic heterocycles. The lowest BCUT2D eigenvalue weighted by atomic mass is 9.98. The van der Waals surface area contributed by atoms with Crippen LogP contribution in [0, 0.1) is 0 Å². The van der Waals surface area contributed by atoms with Gasteiger partial charge in [-0.05, 0) is 40.7 Å². The Morgan fingerprint density at radius 3 is 2.69 bits per heavy atom. The average molecular weight is 307 g/mol. The molecule has 1 rings (SSSR count). The van der Waals surface area contributed by atoms with E-state index < -0.39 is 11.6 Å². The zero-order valence-corrected chi connectivity index (χ0v) is 11.4. The number of benzene rings is 1. The van der Waals surface area contributed by atoms with Crippen molar-refractivity contribution in [2.45, 2.75) is 24.4 Å². The summed E-state index contributed by atoms with van der Waals surface area (Å²) < 4.78 is 14.5. The van der Waals surface area contributed by atoms with Crippen LogP contribution in [0.1, 0.15) is 19.4 Å². The lowest BCUT2D eigenvalue weighted by Crippen LogP contribution is -2.26. The summed E-state index contributed by atoms with van der Waals surface area (Å²) in [5.74, 6) is -0.570. The Morgan fingerprint density at radius 1 is 1.62 bits per heavy atom. The highest BCUT2D eigenvalue weighted by atomic mass is 79.9. The fourth-order valence-corrected chi connectivity index (χ4v) is 2.58. The molecule has 0 saturated heterocycles. The van der Waals surface area contributed by atoms with Crippen molar-refractivity contribution < 1.29 is 14.3 Å². The van der Waals surface area contributed by atoms with Crippen molar-refractivity contribution in [2.75, 3.05) is 5.75 Å². The molecule has 0 spiro atoms. The quantitative estimate of drug-likeness (QED) is 0.859. The van der Waals surface area contributed by atoms with Crippen LogP contribution in [0.2, 0.25) is 0 Å². The number of thioether (sulfide) groups is 1. The van der Waals surface area contributed by atoms with Crippen LogP contribution in [0.3, 0.4) is 0 Å². The number of hydrogen-bond acceptors (Lipinski definition) is 2. The van der Waals surface area contributed by atoms with Gasteiger partial charge in [-0.3, -0.25) is 0 Å². The van der Waals surface area contributed by atoms with Gasteiger partial charge in [0.2, 0.25) is 5.67 Å². The van der Waals surface area contributed by atoms with E-state index in [0.29, 0.717) is 0 Å². The van der Waals surface area contributed by atoms with Gasteiger partial charge >= 0.3 is 5.97 Å². The van der Waals surface area contributed by atoms with Crippen LogP contribution in [0.25, 0.3) is 0 Å². The minimum absolute atomic E-state index is 0.146. The third-order valence-corrected chi connectivity index (χ3v) is 4.05. The van der Waals surface area contributed by atoms with E-state index in [1.807, 2.05) is 6.92 Å². The first-order chi connectivity index (χ1) is 7.39. The molecule has 0 radical (unpaired) electrons. The molecule has 0 fully saturated rings. The number of rotatable bonds is 4. The highest BCUT2D eigenvalue weighted by Crippen LogP contribution is 2.33. The van der Waals surface area contributed by atoms with Crippen LogP contribution in [-0.4, -0.2) is 16.8 Å². The molecule has 0 aliphatic carbocycles. The molecule has 1 aromatic carbocycles. The number of carboxylic acids is 1. The zero-order valence-electron chi connectivity index (χ0n) is 8.96. The van der Waals surface area contributed by atoms with Gasteiger partial charge in [0.25, 0.3) is 0 Å². The van der Waals surface area contributed by atoms with Crippen molar-refractivity contribution in [1.29, 1.82) is 0 Å². The lowest BCUT2D eigenvalue weighted by molar-refractivity contribution is -0.150. The summed E-state index contributed by atoms with van der Waals surface area (Å²) in [6, 6.07) is 4.76. The van der Waals surface area contributed by atoms with E-state index in [0.717, 1.165) is 22.0 Å². The summed E-state index contributed by atoms with van der Waals surface area (Å²) in [6.07, 6.45) is 0. The van der Waals surface area contributed by atoms with Gasteiger partial charge in [-0.2, -0.15) is 0 Å². The Bertz CT molecular complexity index is 407. The summed E-state index contributed by atoms with van der Waals surface area (Å²) >= 11 is 4.92. The number of aliphatic carboxylic acids is 1. The third kappa shape index (κ3) is 2.77. The van der Waals surface area contributed by atoms with Gasteiger partial charge in [-0.15, -0.1) is 11.8 Å². The molecule has 88 valence electrons. The normalized spacial score (nSPS) is 14.5. The minimum Gasteiger partial charge on any atom is -0.479 e. The number of carboxylic acid groups (broad SMARTS) is 1. The first-order valence-electron chi connectivity index (χ1n) is 4.74. The smallest absolute Gasteiger partial charge is 0.345 e. The molecule has 1 atom stereocenters. The predicted molar refractivity (Wildman–Crippen MR) is 66.6 cm³/mol. The van der Waals surface area contributed by atoms with Crippen LogP contribution in [0.5, 0.6) is 0 Å². The molecular formula is C11H12BrFO2S. The molecule has 16 heavy (non-hydrogen) atoms. The van der Waals surface area contributed by atoms with Crippen molar-refractivity contribution >= 4 is 33.7 Å². The van der Waals surface area contributed by atoms with Crippen molar-refractivity contribution in [3.63, 3.8) is 0 Å². The summed E-state index contributed by atoms with van der Waals surface area (Å²) in [5, 5.41) is 8.76. The Labute approximate surface area is 106 Å². The molecule has 0 amide bonds. The van der Waals surface area contributed by atoms with Crippen molar-refractivity contribution in [1.82, 2.24) is 0 Å². The Balaban J connectivity index is 3.10. The molecule has 0 bridgehead atoms. The SMILES string of the molecule is CCSc1ccc(C(C)(F)C(=O)O)cc1Br. The van der Waals surface area contributed by atoms with Gasteiger partial charge in [0, 0.05) is 14.9 Å². The molecule has 1 N–H and O–H groups in total. The van der Waals surface area contributed by atoms with E-state index in [2.05, 4.69) is 15.9 Å². The summed E-state index contributed by atoms with van der Waals surface area (Å²) in [7, 11) is 0.